The summed E-state index contributed by atoms with van der Waals surface area (Å²) in [6, 6.07) is 3.79. The van der Waals surface area contributed by atoms with E-state index in [4.69, 9.17) is 10.2 Å². The molecule has 1 heterocycles. The highest BCUT2D eigenvalue weighted by molar-refractivity contribution is 5.85. The van der Waals surface area contributed by atoms with Crippen molar-refractivity contribution in [2.24, 2.45) is 16.6 Å². The number of halogens is 1. The normalized spacial score (nSPS) is 17.7. The number of furan rings is 1. The van der Waals surface area contributed by atoms with Crippen LogP contribution < -0.4 is 5.73 Å². The van der Waals surface area contributed by atoms with E-state index >= 15 is 0 Å². The third-order valence-corrected chi connectivity index (χ3v) is 2.77. The van der Waals surface area contributed by atoms with Gasteiger partial charge in [-0.25, -0.2) is 0 Å². The average molecular weight is 229 g/mol. The van der Waals surface area contributed by atoms with E-state index in [0.717, 1.165) is 11.6 Å². The molecule has 15 heavy (non-hydrogen) atoms. The summed E-state index contributed by atoms with van der Waals surface area (Å²) in [6.45, 7) is 0.579. The zero-order chi connectivity index (χ0) is 9.80. The minimum Gasteiger partial charge on any atom is -0.467 e. The Bertz CT molecular complexity index is 302. The number of hydrogen-bond acceptors (Lipinski definition) is 2. The molecule has 0 aromatic carbocycles. The monoisotopic (exact) mass is 228 g/mol. The minimum absolute atomic E-state index is 0. The maximum absolute atomic E-state index is 5.90. The molecule has 0 atom stereocenters. The first-order chi connectivity index (χ1) is 6.86. The van der Waals surface area contributed by atoms with Crippen LogP contribution in [0.5, 0.6) is 0 Å². The fourth-order valence-corrected chi connectivity index (χ4v) is 1.92. The van der Waals surface area contributed by atoms with Crippen molar-refractivity contribution >= 4 is 18.2 Å². The van der Waals surface area contributed by atoms with Crippen LogP contribution in [0.4, 0.5) is 0 Å². The highest BCUT2D eigenvalue weighted by atomic mass is 35.5. The first-order valence-electron chi connectivity index (χ1n) is 5.18. The topological polar surface area (TPSA) is 51.5 Å². The van der Waals surface area contributed by atoms with Gasteiger partial charge in [0.15, 0.2) is 0 Å². The van der Waals surface area contributed by atoms with E-state index in [9.17, 15) is 0 Å². The van der Waals surface area contributed by atoms with Crippen molar-refractivity contribution in [2.45, 2.75) is 32.2 Å². The van der Waals surface area contributed by atoms with Crippen molar-refractivity contribution in [1.82, 2.24) is 0 Å². The van der Waals surface area contributed by atoms with Crippen LogP contribution >= 0.6 is 12.4 Å². The number of hydrogen-bond donors (Lipinski definition) is 1. The number of aliphatic imine (C=N–C) groups is 1. The third-order valence-electron chi connectivity index (χ3n) is 2.77. The molecule has 1 saturated carbocycles. The van der Waals surface area contributed by atoms with Crippen LogP contribution in [0.3, 0.4) is 0 Å². The van der Waals surface area contributed by atoms with Crippen LogP contribution in [0.1, 0.15) is 31.4 Å². The number of nitrogens with zero attached hydrogens (tertiary/aromatic N) is 1. The number of amidine groups is 1. The second-order valence-electron chi connectivity index (χ2n) is 3.80. The Morgan fingerprint density at radius 1 is 1.47 bits per heavy atom. The van der Waals surface area contributed by atoms with Gasteiger partial charge in [0.25, 0.3) is 0 Å². The summed E-state index contributed by atoms with van der Waals surface area (Å²) < 4.78 is 5.18. The summed E-state index contributed by atoms with van der Waals surface area (Å²) >= 11 is 0. The molecule has 0 saturated heterocycles. The summed E-state index contributed by atoms with van der Waals surface area (Å²) in [5, 5.41) is 0. The van der Waals surface area contributed by atoms with Gasteiger partial charge in [0.2, 0.25) is 0 Å². The van der Waals surface area contributed by atoms with E-state index in [0.29, 0.717) is 12.5 Å². The van der Waals surface area contributed by atoms with Crippen LogP contribution in [0.2, 0.25) is 0 Å². The van der Waals surface area contributed by atoms with Crippen molar-refractivity contribution in [3.05, 3.63) is 24.2 Å². The number of nitrogens with two attached hydrogens (primary N) is 1. The molecule has 1 aromatic rings. The lowest BCUT2D eigenvalue weighted by atomic mass is 10.1. The molecule has 4 heteroatoms. The van der Waals surface area contributed by atoms with Gasteiger partial charge in [0.05, 0.1) is 18.6 Å². The molecular formula is C11H17ClN2O. The Hall–Kier alpha value is -0.960. The van der Waals surface area contributed by atoms with Gasteiger partial charge in [-0.3, -0.25) is 4.99 Å². The molecule has 1 aromatic heterocycles. The van der Waals surface area contributed by atoms with Gasteiger partial charge in [-0.1, -0.05) is 12.8 Å². The van der Waals surface area contributed by atoms with Gasteiger partial charge >= 0.3 is 0 Å². The smallest absolute Gasteiger partial charge is 0.125 e. The Morgan fingerprint density at radius 2 is 2.20 bits per heavy atom. The van der Waals surface area contributed by atoms with Crippen molar-refractivity contribution in [2.75, 3.05) is 0 Å². The predicted molar refractivity (Wildman–Crippen MR) is 63.2 cm³/mol. The third kappa shape index (κ3) is 3.27. The summed E-state index contributed by atoms with van der Waals surface area (Å²) in [5.74, 6) is 2.20. The SMILES string of the molecule is Cl.NC(=NCc1ccco1)C1CCCC1. The van der Waals surface area contributed by atoms with Gasteiger partial charge in [-0.15, -0.1) is 12.4 Å². The number of rotatable bonds is 3. The molecule has 1 fully saturated rings. The first kappa shape index (κ1) is 12.1. The van der Waals surface area contributed by atoms with Crippen LogP contribution in [0, 0.1) is 5.92 Å². The predicted octanol–water partition coefficient (Wildman–Crippen LogP) is 2.75. The summed E-state index contributed by atoms with van der Waals surface area (Å²) in [7, 11) is 0. The fraction of sp³-hybridized carbons (Fsp3) is 0.545. The summed E-state index contributed by atoms with van der Waals surface area (Å²) in [6.07, 6.45) is 6.65. The van der Waals surface area contributed by atoms with Gasteiger partial charge in [-0.05, 0) is 25.0 Å². The molecular weight excluding hydrogens is 212 g/mol. The van der Waals surface area contributed by atoms with Crippen LogP contribution in [-0.2, 0) is 6.54 Å². The van der Waals surface area contributed by atoms with Crippen molar-refractivity contribution < 1.29 is 4.42 Å². The minimum atomic E-state index is 0. The molecule has 1 aliphatic carbocycles. The molecule has 0 radical (unpaired) electrons. The van der Waals surface area contributed by atoms with Gasteiger partial charge in [-0.2, -0.15) is 0 Å². The van der Waals surface area contributed by atoms with E-state index in [2.05, 4.69) is 4.99 Å². The highest BCUT2D eigenvalue weighted by Crippen LogP contribution is 2.24. The molecule has 2 N–H and O–H groups in total. The molecule has 0 aliphatic heterocycles. The average Bonchev–Trinajstić information content (AvgIpc) is 2.87. The molecule has 1 aliphatic rings. The van der Waals surface area contributed by atoms with E-state index in [-0.39, 0.29) is 12.4 Å². The van der Waals surface area contributed by atoms with Gasteiger partial charge < -0.3 is 10.2 Å². The largest absolute Gasteiger partial charge is 0.467 e. The molecule has 0 bridgehead atoms. The first-order valence-corrected chi connectivity index (χ1v) is 5.18. The van der Waals surface area contributed by atoms with Crippen molar-refractivity contribution in [1.29, 1.82) is 0 Å². The summed E-state index contributed by atoms with van der Waals surface area (Å²) in [5.41, 5.74) is 5.90. The Balaban J connectivity index is 0.00000112. The standard InChI is InChI=1S/C11H16N2O.ClH/c12-11(9-4-1-2-5-9)13-8-10-6-3-7-14-10;/h3,6-7,9H,1-2,4-5,8H2,(H2,12,13);1H. The van der Waals surface area contributed by atoms with E-state index in [1.54, 1.807) is 6.26 Å². The maximum Gasteiger partial charge on any atom is 0.125 e. The highest BCUT2D eigenvalue weighted by Gasteiger charge is 2.18. The zero-order valence-electron chi connectivity index (χ0n) is 8.69. The maximum atomic E-state index is 5.90. The fourth-order valence-electron chi connectivity index (χ4n) is 1.92. The quantitative estimate of drug-likeness (QED) is 0.639. The van der Waals surface area contributed by atoms with Gasteiger partial charge in [0, 0.05) is 5.92 Å². The summed E-state index contributed by atoms with van der Waals surface area (Å²) in [4.78, 5) is 4.35. The van der Waals surface area contributed by atoms with Crippen LogP contribution in [0.25, 0.3) is 0 Å². The van der Waals surface area contributed by atoms with E-state index in [1.807, 2.05) is 12.1 Å². The zero-order valence-corrected chi connectivity index (χ0v) is 9.50. The lowest BCUT2D eigenvalue weighted by Crippen LogP contribution is -2.21. The Kier molecular flexibility index (Phi) is 4.69. The molecule has 84 valence electrons. The molecule has 0 amide bonds. The van der Waals surface area contributed by atoms with Crippen molar-refractivity contribution in [3.8, 4) is 0 Å². The van der Waals surface area contributed by atoms with Crippen LogP contribution in [0.15, 0.2) is 27.8 Å². The molecule has 0 spiro atoms. The lowest BCUT2D eigenvalue weighted by molar-refractivity contribution is 0.512. The molecule has 2 rings (SSSR count). The van der Waals surface area contributed by atoms with E-state index < -0.39 is 0 Å². The Morgan fingerprint density at radius 3 is 2.80 bits per heavy atom. The second kappa shape index (κ2) is 5.81. The Labute approximate surface area is 96.2 Å². The van der Waals surface area contributed by atoms with Gasteiger partial charge in [0.1, 0.15) is 5.76 Å². The van der Waals surface area contributed by atoms with E-state index in [1.165, 1.54) is 25.7 Å². The molecule has 3 nitrogen and oxygen atoms in total. The lowest BCUT2D eigenvalue weighted by Gasteiger charge is -2.07. The van der Waals surface area contributed by atoms with Crippen LogP contribution in [-0.4, -0.2) is 5.84 Å². The molecule has 0 unspecified atom stereocenters. The van der Waals surface area contributed by atoms with Crippen molar-refractivity contribution in [3.63, 3.8) is 0 Å². The second-order valence-corrected chi connectivity index (χ2v) is 3.80.